The summed E-state index contributed by atoms with van der Waals surface area (Å²) < 4.78 is 5.95. The maximum Gasteiger partial charge on any atom is 0.184 e. The van der Waals surface area contributed by atoms with E-state index < -0.39 is 0 Å². The first kappa shape index (κ1) is 23.9. The number of nitrogens with zero attached hydrogens (tertiary/aromatic N) is 5. The van der Waals surface area contributed by atoms with E-state index in [4.69, 9.17) is 20.7 Å². The fraction of sp³-hybridized carbons (Fsp3) is 0.444. The minimum absolute atomic E-state index is 0.0838. The van der Waals surface area contributed by atoms with Crippen molar-refractivity contribution in [2.75, 3.05) is 31.2 Å². The summed E-state index contributed by atoms with van der Waals surface area (Å²) >= 11 is 0. The van der Waals surface area contributed by atoms with E-state index in [2.05, 4.69) is 40.4 Å². The fourth-order valence-electron chi connectivity index (χ4n) is 5.62. The molecular formula is C27H32N8O. The van der Waals surface area contributed by atoms with E-state index in [9.17, 15) is 5.26 Å². The van der Waals surface area contributed by atoms with Crippen molar-refractivity contribution in [3.8, 4) is 17.6 Å². The topological polar surface area (TPSA) is 141 Å². The van der Waals surface area contributed by atoms with E-state index in [1.807, 2.05) is 12.1 Å². The second kappa shape index (κ2) is 10.1. The summed E-state index contributed by atoms with van der Waals surface area (Å²) in [6, 6.07) is 6.59. The van der Waals surface area contributed by atoms with Crippen molar-refractivity contribution in [3.05, 3.63) is 51.9 Å². The Morgan fingerprint density at radius 1 is 1.33 bits per heavy atom. The van der Waals surface area contributed by atoms with Gasteiger partial charge in [-0.15, -0.1) is 0 Å². The van der Waals surface area contributed by atoms with Crippen LogP contribution in [0.25, 0.3) is 11.5 Å². The van der Waals surface area contributed by atoms with Crippen LogP contribution >= 0.6 is 0 Å². The average Bonchev–Trinajstić information content (AvgIpc) is 3.53. The van der Waals surface area contributed by atoms with Crippen LogP contribution in [0.4, 0.5) is 11.5 Å². The van der Waals surface area contributed by atoms with Crippen molar-refractivity contribution < 1.29 is 4.52 Å². The minimum Gasteiger partial charge on any atom is -0.398 e. The zero-order valence-electron chi connectivity index (χ0n) is 20.8. The van der Waals surface area contributed by atoms with Crippen molar-refractivity contribution in [1.82, 2.24) is 20.0 Å². The highest BCUT2D eigenvalue weighted by Gasteiger charge is 2.33. The number of nitrogen functional groups attached to an aromatic ring is 1. The Kier molecular flexibility index (Phi) is 6.70. The summed E-state index contributed by atoms with van der Waals surface area (Å²) in [5, 5.41) is 25.5. The molecule has 3 aromatic rings. The monoisotopic (exact) mass is 484 g/mol. The lowest BCUT2D eigenvalue weighted by Gasteiger charge is -2.24. The van der Waals surface area contributed by atoms with Crippen LogP contribution in [0, 0.1) is 16.7 Å². The molecule has 0 spiro atoms. The quantitative estimate of drug-likeness (QED) is 0.336. The number of hydrogen-bond acceptors (Lipinski definition) is 9. The van der Waals surface area contributed by atoms with Crippen molar-refractivity contribution in [2.45, 2.75) is 57.4 Å². The highest BCUT2D eigenvalue weighted by atomic mass is 16.5. The summed E-state index contributed by atoms with van der Waals surface area (Å²) in [5.74, 6) is 1.81. The number of fused-ring (bicyclic) bond motifs is 1. The zero-order valence-corrected chi connectivity index (χ0v) is 20.8. The Morgan fingerprint density at radius 2 is 2.19 bits per heavy atom. The number of nitrogens with one attached hydrogen (secondary N) is 2. The van der Waals surface area contributed by atoms with Gasteiger partial charge in [-0.25, -0.2) is 9.97 Å². The van der Waals surface area contributed by atoms with E-state index in [1.54, 1.807) is 6.20 Å². The number of aromatic nitrogens is 3. The molecule has 1 fully saturated rings. The molecule has 2 aliphatic rings. The second-order valence-electron chi connectivity index (χ2n) is 9.69. The molecule has 0 radical (unpaired) electrons. The Balaban J connectivity index is 1.51. The molecular weight excluding hydrogens is 452 g/mol. The maximum atomic E-state index is 9.88. The first-order chi connectivity index (χ1) is 17.5. The molecule has 2 aromatic heterocycles. The molecule has 1 saturated heterocycles. The van der Waals surface area contributed by atoms with Crippen LogP contribution in [0.5, 0.6) is 0 Å². The van der Waals surface area contributed by atoms with E-state index in [0.717, 1.165) is 67.6 Å². The third-order valence-electron chi connectivity index (χ3n) is 7.62. The van der Waals surface area contributed by atoms with Crippen LogP contribution in [0.15, 0.2) is 22.9 Å². The lowest BCUT2D eigenvalue weighted by Crippen LogP contribution is -2.32. The molecule has 1 aliphatic carbocycles. The Morgan fingerprint density at radius 3 is 2.92 bits per heavy atom. The van der Waals surface area contributed by atoms with Gasteiger partial charge < -0.3 is 25.9 Å². The van der Waals surface area contributed by atoms with Gasteiger partial charge in [0.05, 0.1) is 11.1 Å². The van der Waals surface area contributed by atoms with E-state index in [1.165, 1.54) is 12.6 Å². The highest BCUT2D eigenvalue weighted by Crippen LogP contribution is 2.43. The number of nitriles is 1. The van der Waals surface area contributed by atoms with Crippen LogP contribution in [0.2, 0.25) is 0 Å². The summed E-state index contributed by atoms with van der Waals surface area (Å²) in [6.45, 7) is 3.95. The molecule has 9 heteroatoms. The molecule has 1 aliphatic heterocycles. The Hall–Kier alpha value is -3.77. The molecule has 2 unspecified atom stereocenters. The number of likely N-dealkylation sites (tertiary alicyclic amines) is 1. The molecule has 1 aromatic carbocycles. The number of aryl methyl sites for hydroxylation is 1. The van der Waals surface area contributed by atoms with Gasteiger partial charge in [-0.05, 0) is 69.3 Å². The van der Waals surface area contributed by atoms with Gasteiger partial charge in [0, 0.05) is 42.2 Å². The first-order valence-corrected chi connectivity index (χ1v) is 12.7. The van der Waals surface area contributed by atoms with E-state index in [0.29, 0.717) is 40.2 Å². The van der Waals surface area contributed by atoms with Crippen molar-refractivity contribution >= 4 is 17.7 Å². The van der Waals surface area contributed by atoms with E-state index in [-0.39, 0.29) is 5.92 Å². The molecule has 0 saturated carbocycles. The SMILES string of the molecule is CCc1ccc(N)c(C#N)c1C1CCCc2c(-c3ncc(C=N)c(NCC4CCCN4C)n3)noc21. The average molecular weight is 485 g/mol. The highest BCUT2D eigenvalue weighted by molar-refractivity contribution is 5.84. The van der Waals surface area contributed by atoms with Gasteiger partial charge in [0.25, 0.3) is 0 Å². The van der Waals surface area contributed by atoms with Gasteiger partial charge in [0.2, 0.25) is 0 Å². The molecule has 0 amide bonds. The van der Waals surface area contributed by atoms with Crippen LogP contribution in [-0.4, -0.2) is 52.4 Å². The van der Waals surface area contributed by atoms with Gasteiger partial charge in [0.15, 0.2) is 11.5 Å². The number of rotatable bonds is 7. The summed E-state index contributed by atoms with van der Waals surface area (Å²) in [7, 11) is 2.14. The van der Waals surface area contributed by atoms with Crippen LogP contribution < -0.4 is 11.1 Å². The maximum absolute atomic E-state index is 9.88. The molecule has 5 rings (SSSR count). The fourth-order valence-corrected chi connectivity index (χ4v) is 5.62. The molecule has 36 heavy (non-hydrogen) atoms. The van der Waals surface area contributed by atoms with Crippen molar-refractivity contribution in [1.29, 1.82) is 10.7 Å². The van der Waals surface area contributed by atoms with Gasteiger partial charge in [0.1, 0.15) is 17.6 Å². The van der Waals surface area contributed by atoms with Gasteiger partial charge in [-0.1, -0.05) is 18.1 Å². The van der Waals surface area contributed by atoms with Gasteiger partial charge >= 0.3 is 0 Å². The first-order valence-electron chi connectivity index (χ1n) is 12.7. The summed E-state index contributed by atoms with van der Waals surface area (Å²) in [5.41, 5.74) is 11.5. The Labute approximate surface area is 211 Å². The lowest BCUT2D eigenvalue weighted by atomic mass is 9.78. The van der Waals surface area contributed by atoms with Gasteiger partial charge in [-0.2, -0.15) is 5.26 Å². The molecule has 2 atom stereocenters. The molecule has 9 nitrogen and oxygen atoms in total. The molecule has 0 bridgehead atoms. The summed E-state index contributed by atoms with van der Waals surface area (Å²) in [6.07, 6.45) is 8.69. The molecule has 186 valence electrons. The van der Waals surface area contributed by atoms with Gasteiger partial charge in [-0.3, -0.25) is 0 Å². The predicted octanol–water partition coefficient (Wildman–Crippen LogP) is 4.12. The third kappa shape index (κ3) is 4.22. The minimum atomic E-state index is -0.0838. The number of likely N-dealkylation sites (N-methyl/N-ethyl adjacent to an activating group) is 1. The normalized spacial score (nSPS) is 19.6. The van der Waals surface area contributed by atoms with Crippen molar-refractivity contribution in [3.63, 3.8) is 0 Å². The number of nitrogens with two attached hydrogens (primary N) is 1. The molecule has 3 heterocycles. The number of hydrogen-bond donors (Lipinski definition) is 3. The third-order valence-corrected chi connectivity index (χ3v) is 7.62. The van der Waals surface area contributed by atoms with Crippen LogP contribution in [-0.2, 0) is 12.8 Å². The standard InChI is InChI=1S/C27H32N8O/c1-3-16-9-10-22(30)21(13-29)23(16)19-7-4-8-20-24(34-36-25(19)20)27-31-14-17(12-28)26(33-27)32-15-18-6-5-11-35(18)2/h9-10,12,14,18-19,28H,3-8,11,15,30H2,1-2H3,(H,31,32,33). The zero-order chi connectivity index (χ0) is 25.2. The largest absolute Gasteiger partial charge is 0.398 e. The number of anilines is 2. The number of benzene rings is 1. The smallest absolute Gasteiger partial charge is 0.184 e. The van der Waals surface area contributed by atoms with Crippen LogP contribution in [0.3, 0.4) is 0 Å². The van der Waals surface area contributed by atoms with E-state index >= 15 is 0 Å². The second-order valence-corrected chi connectivity index (χ2v) is 9.69. The lowest BCUT2D eigenvalue weighted by molar-refractivity contribution is 0.322. The van der Waals surface area contributed by atoms with Crippen molar-refractivity contribution in [2.24, 2.45) is 0 Å². The van der Waals surface area contributed by atoms with Crippen LogP contribution in [0.1, 0.15) is 72.1 Å². The predicted molar refractivity (Wildman–Crippen MR) is 139 cm³/mol. The summed E-state index contributed by atoms with van der Waals surface area (Å²) in [4.78, 5) is 11.7. The Bertz CT molecular complexity index is 1320. The molecule has 4 N–H and O–H groups in total.